The van der Waals surface area contributed by atoms with Crippen molar-refractivity contribution in [1.82, 2.24) is 0 Å². The van der Waals surface area contributed by atoms with Crippen LogP contribution in [-0.4, -0.2) is 28.4 Å². The van der Waals surface area contributed by atoms with E-state index in [1.54, 1.807) is 28.4 Å². The second kappa shape index (κ2) is 7.65. The van der Waals surface area contributed by atoms with Crippen molar-refractivity contribution < 1.29 is 18.9 Å². The second-order valence-electron chi connectivity index (χ2n) is 5.29. The summed E-state index contributed by atoms with van der Waals surface area (Å²) < 4.78 is 21.6. The predicted octanol–water partition coefficient (Wildman–Crippen LogP) is 3.74. The molecule has 0 fully saturated rings. The number of aryl methyl sites for hydroxylation is 2. The lowest BCUT2D eigenvalue weighted by Crippen LogP contribution is -1.95. The van der Waals surface area contributed by atoms with Crippen LogP contribution in [0.15, 0.2) is 24.3 Å². The Bertz CT molecular complexity index is 732. The molecule has 0 heterocycles. The van der Waals surface area contributed by atoms with Crippen LogP contribution in [0.4, 0.5) is 0 Å². The smallest absolute Gasteiger partial charge is 0.135 e. The fraction of sp³-hybridized carbons (Fsp3) is 0.300. The molecule has 126 valence electrons. The van der Waals surface area contributed by atoms with Gasteiger partial charge in [-0.05, 0) is 49.2 Å². The summed E-state index contributed by atoms with van der Waals surface area (Å²) in [4.78, 5) is 0. The first-order chi connectivity index (χ1) is 11.5. The summed E-state index contributed by atoms with van der Waals surface area (Å²) in [6.07, 6.45) is 0. The summed E-state index contributed by atoms with van der Waals surface area (Å²) >= 11 is 0. The highest BCUT2D eigenvalue weighted by molar-refractivity contribution is 5.59. The minimum atomic E-state index is 0.707. The molecule has 2 aromatic rings. The zero-order chi connectivity index (χ0) is 17.7. The van der Waals surface area contributed by atoms with Gasteiger partial charge in [0, 0.05) is 0 Å². The predicted molar refractivity (Wildman–Crippen MR) is 94.5 cm³/mol. The minimum absolute atomic E-state index is 0.707. The Hall–Kier alpha value is -2.80. The highest BCUT2D eigenvalue weighted by Gasteiger charge is 2.09. The van der Waals surface area contributed by atoms with Crippen LogP contribution in [0, 0.1) is 25.7 Å². The molecule has 4 heteroatoms. The molecule has 0 unspecified atom stereocenters. The Labute approximate surface area is 143 Å². The zero-order valence-electron chi connectivity index (χ0n) is 14.9. The summed E-state index contributed by atoms with van der Waals surface area (Å²) in [6.45, 7) is 3.93. The van der Waals surface area contributed by atoms with E-state index in [-0.39, 0.29) is 0 Å². The first-order valence-electron chi connectivity index (χ1n) is 7.51. The van der Waals surface area contributed by atoms with Crippen LogP contribution in [0.1, 0.15) is 22.3 Å². The third-order valence-corrected chi connectivity index (χ3v) is 3.77. The quantitative estimate of drug-likeness (QED) is 0.802. The second-order valence-corrected chi connectivity index (χ2v) is 5.29. The fourth-order valence-corrected chi connectivity index (χ4v) is 2.43. The molecule has 0 atom stereocenters. The van der Waals surface area contributed by atoms with E-state index in [2.05, 4.69) is 11.8 Å². The van der Waals surface area contributed by atoms with Crippen molar-refractivity contribution in [3.05, 3.63) is 46.5 Å². The van der Waals surface area contributed by atoms with Gasteiger partial charge in [0.1, 0.15) is 23.0 Å². The van der Waals surface area contributed by atoms with Crippen LogP contribution in [0.5, 0.6) is 23.0 Å². The van der Waals surface area contributed by atoms with Crippen molar-refractivity contribution in [3.8, 4) is 34.8 Å². The van der Waals surface area contributed by atoms with Crippen molar-refractivity contribution in [2.75, 3.05) is 28.4 Å². The Kier molecular flexibility index (Phi) is 5.59. The molecule has 2 aromatic carbocycles. The number of methoxy groups -OCH3 is 4. The maximum absolute atomic E-state index is 5.42. The van der Waals surface area contributed by atoms with E-state index < -0.39 is 0 Å². The van der Waals surface area contributed by atoms with E-state index in [0.29, 0.717) is 11.5 Å². The number of hydrogen-bond donors (Lipinski definition) is 0. The van der Waals surface area contributed by atoms with Gasteiger partial charge in [0.15, 0.2) is 0 Å². The van der Waals surface area contributed by atoms with Crippen molar-refractivity contribution in [3.63, 3.8) is 0 Å². The summed E-state index contributed by atoms with van der Waals surface area (Å²) in [5, 5.41) is 0. The van der Waals surface area contributed by atoms with Gasteiger partial charge in [-0.25, -0.2) is 0 Å². The summed E-state index contributed by atoms with van der Waals surface area (Å²) in [6, 6.07) is 7.57. The molecule has 0 N–H and O–H groups in total. The van der Waals surface area contributed by atoms with Gasteiger partial charge in [0.2, 0.25) is 0 Å². The molecule has 0 amide bonds. The fourth-order valence-electron chi connectivity index (χ4n) is 2.43. The average molecular weight is 326 g/mol. The first kappa shape index (κ1) is 17.6. The van der Waals surface area contributed by atoms with Crippen molar-refractivity contribution in [2.24, 2.45) is 0 Å². The highest BCUT2D eigenvalue weighted by atomic mass is 16.5. The Balaban J connectivity index is 2.54. The monoisotopic (exact) mass is 326 g/mol. The molecule has 0 aromatic heterocycles. The van der Waals surface area contributed by atoms with Crippen LogP contribution in [-0.2, 0) is 0 Å². The van der Waals surface area contributed by atoms with Crippen LogP contribution < -0.4 is 18.9 Å². The summed E-state index contributed by atoms with van der Waals surface area (Å²) in [7, 11) is 6.53. The SMILES string of the molecule is COc1cc(C#Cc2cc(OC)c(C)cc2OC)c(OC)cc1C. The average Bonchev–Trinajstić information content (AvgIpc) is 2.60. The third kappa shape index (κ3) is 3.57. The van der Waals surface area contributed by atoms with Crippen LogP contribution >= 0.6 is 0 Å². The van der Waals surface area contributed by atoms with Gasteiger partial charge in [-0.1, -0.05) is 11.8 Å². The maximum Gasteiger partial charge on any atom is 0.135 e. The van der Waals surface area contributed by atoms with Gasteiger partial charge in [-0.3, -0.25) is 0 Å². The summed E-state index contributed by atoms with van der Waals surface area (Å²) in [5.74, 6) is 9.23. The lowest BCUT2D eigenvalue weighted by atomic mass is 10.1. The lowest BCUT2D eigenvalue weighted by Gasteiger charge is -2.10. The van der Waals surface area contributed by atoms with Crippen LogP contribution in [0.25, 0.3) is 0 Å². The minimum Gasteiger partial charge on any atom is -0.496 e. The Morgan fingerprint density at radius 3 is 1.17 bits per heavy atom. The third-order valence-electron chi connectivity index (χ3n) is 3.77. The molecule has 0 aliphatic rings. The molecule has 0 radical (unpaired) electrons. The molecule has 0 aliphatic carbocycles. The number of rotatable bonds is 4. The number of ether oxygens (including phenoxy) is 4. The van der Waals surface area contributed by atoms with E-state index >= 15 is 0 Å². The van der Waals surface area contributed by atoms with Crippen LogP contribution in [0.3, 0.4) is 0 Å². The number of benzene rings is 2. The largest absolute Gasteiger partial charge is 0.496 e. The normalized spacial score (nSPS) is 9.75. The Morgan fingerprint density at radius 1 is 0.542 bits per heavy atom. The molecular formula is C20H22O4. The highest BCUT2D eigenvalue weighted by Crippen LogP contribution is 2.29. The zero-order valence-corrected chi connectivity index (χ0v) is 14.9. The topological polar surface area (TPSA) is 36.9 Å². The molecule has 0 spiro atoms. The standard InChI is InChI=1S/C20H22O4/c1-13-9-19(23-5)15(11-17(13)21-3)7-8-16-12-18(22-4)14(2)10-20(16)24-6/h9-12H,1-6H3. The molecule has 0 aliphatic heterocycles. The van der Waals surface area contributed by atoms with Gasteiger partial charge in [0.25, 0.3) is 0 Å². The molecular weight excluding hydrogens is 304 g/mol. The van der Waals surface area contributed by atoms with Gasteiger partial charge in [-0.2, -0.15) is 0 Å². The lowest BCUT2D eigenvalue weighted by molar-refractivity contribution is 0.399. The molecule has 24 heavy (non-hydrogen) atoms. The van der Waals surface area contributed by atoms with E-state index in [1.165, 1.54) is 0 Å². The Morgan fingerprint density at radius 2 is 0.875 bits per heavy atom. The van der Waals surface area contributed by atoms with Gasteiger partial charge in [-0.15, -0.1) is 0 Å². The molecule has 4 nitrogen and oxygen atoms in total. The first-order valence-corrected chi connectivity index (χ1v) is 7.51. The van der Waals surface area contributed by atoms with E-state index in [0.717, 1.165) is 33.8 Å². The van der Waals surface area contributed by atoms with Crippen molar-refractivity contribution >= 4 is 0 Å². The van der Waals surface area contributed by atoms with E-state index in [4.69, 9.17) is 18.9 Å². The van der Waals surface area contributed by atoms with Gasteiger partial charge in [0.05, 0.1) is 39.6 Å². The summed E-state index contributed by atoms with van der Waals surface area (Å²) in [5.41, 5.74) is 3.49. The van der Waals surface area contributed by atoms with Gasteiger partial charge >= 0.3 is 0 Å². The van der Waals surface area contributed by atoms with E-state index in [1.807, 2.05) is 38.1 Å². The van der Waals surface area contributed by atoms with E-state index in [9.17, 15) is 0 Å². The molecule has 0 saturated heterocycles. The van der Waals surface area contributed by atoms with Gasteiger partial charge < -0.3 is 18.9 Å². The van der Waals surface area contributed by atoms with Crippen molar-refractivity contribution in [2.45, 2.75) is 13.8 Å². The van der Waals surface area contributed by atoms with Crippen LogP contribution in [0.2, 0.25) is 0 Å². The maximum atomic E-state index is 5.42. The molecule has 0 saturated carbocycles. The number of hydrogen-bond acceptors (Lipinski definition) is 4. The molecule has 2 rings (SSSR count). The van der Waals surface area contributed by atoms with Crippen molar-refractivity contribution in [1.29, 1.82) is 0 Å². The molecule has 0 bridgehead atoms.